The van der Waals surface area contributed by atoms with Crippen molar-refractivity contribution in [2.45, 2.75) is 274 Å². The van der Waals surface area contributed by atoms with E-state index < -0.39 is 117 Å². The van der Waals surface area contributed by atoms with Gasteiger partial charge in [0.25, 0.3) is 0 Å². The molecule has 498 valence electrons. The predicted molar refractivity (Wildman–Crippen MR) is 343 cm³/mol. The Bertz CT molecular complexity index is 2310. The van der Waals surface area contributed by atoms with Crippen molar-refractivity contribution in [1.82, 2.24) is 30.7 Å². The van der Waals surface area contributed by atoms with Crippen LogP contribution in [-0.4, -0.2) is 152 Å². The Morgan fingerprint density at radius 2 is 0.733 bits per heavy atom. The Hall–Kier alpha value is -6.09. The second-order valence-electron chi connectivity index (χ2n) is 21.7. The fraction of sp³-hybridized carbons (Fsp3) is 0.797. The maximum atomic E-state index is 12.4. The molecule has 0 aromatic heterocycles. The Labute approximate surface area is 531 Å². The summed E-state index contributed by atoms with van der Waals surface area (Å²) in [6.45, 7) is 11.9. The summed E-state index contributed by atoms with van der Waals surface area (Å²) < 4.78 is 94.7. The lowest BCUT2D eigenvalue weighted by atomic mass is 10.1. The number of esters is 3. The van der Waals surface area contributed by atoms with Crippen LogP contribution in [0.25, 0.3) is 0 Å². The Morgan fingerprint density at radius 1 is 0.442 bits per heavy atom. The number of guanidine groups is 3. The van der Waals surface area contributed by atoms with Gasteiger partial charge in [0.1, 0.15) is 30.8 Å². The van der Waals surface area contributed by atoms with Crippen LogP contribution in [0.1, 0.15) is 275 Å². The van der Waals surface area contributed by atoms with Gasteiger partial charge in [-0.2, -0.15) is 0 Å². The van der Waals surface area contributed by atoms with Crippen molar-refractivity contribution in [3.05, 3.63) is 12.2 Å². The average Bonchev–Trinajstić information content (AvgIpc) is 0.854. The smallest absolute Gasteiger partial charge is 0.437 e. The van der Waals surface area contributed by atoms with Crippen molar-refractivity contribution in [3.63, 3.8) is 0 Å². The number of aliphatic imine (C=N–C) groups is 2. The van der Waals surface area contributed by atoms with E-state index in [1.165, 1.54) is 6.42 Å². The number of carbonyl (C=O) groups excluding carboxylic acids is 8. The van der Waals surface area contributed by atoms with Crippen molar-refractivity contribution in [2.75, 3.05) is 60.4 Å². The highest BCUT2D eigenvalue weighted by Crippen LogP contribution is 2.15. The summed E-state index contributed by atoms with van der Waals surface area (Å²) in [6.07, 6.45) is 25.8. The van der Waals surface area contributed by atoms with Crippen molar-refractivity contribution in [1.29, 1.82) is 5.41 Å². The second-order valence-corrected chi connectivity index (χ2v) is 21.7. The number of cyclic esters (lactones) is 3. The number of nitrogens with one attached hydrogen (secondary N) is 4. The minimum Gasteiger partial charge on any atom is -0.464 e. The minimum absolute atomic E-state index is 0.0923. The third-order valence-corrected chi connectivity index (χ3v) is 11.7. The van der Waals surface area contributed by atoms with E-state index in [0.717, 1.165) is 122 Å². The van der Waals surface area contributed by atoms with E-state index in [1.807, 2.05) is 53.7 Å². The molecule has 4 N–H and O–H groups in total. The molecule has 0 aromatic rings. The van der Waals surface area contributed by atoms with Gasteiger partial charge >= 0.3 is 30.1 Å². The molecule has 5 amide bonds. The highest BCUT2D eigenvalue weighted by atomic mass is 16.6. The Morgan fingerprint density at radius 3 is 1.08 bits per heavy atom. The number of nitrogens with zero attached hydrogens (tertiary/aromatic N) is 5. The van der Waals surface area contributed by atoms with E-state index in [-0.39, 0.29) is 39.1 Å². The number of rotatable bonds is 0. The fourth-order valence-electron chi connectivity index (χ4n) is 7.62. The summed E-state index contributed by atoms with van der Waals surface area (Å²) in [5.74, 6) is -5.43. The van der Waals surface area contributed by atoms with Crippen LogP contribution in [0.5, 0.6) is 0 Å². The molecule has 86 heavy (non-hydrogen) atoms. The Kier molecular flexibility index (Phi) is 42.6. The van der Waals surface area contributed by atoms with Crippen LogP contribution >= 0.6 is 0 Å². The molecule has 0 spiro atoms. The van der Waals surface area contributed by atoms with Crippen molar-refractivity contribution < 1.29 is 74.4 Å². The SMILES string of the molecule is CC.CC.CC.[2H]C([2H])([2H])N1CC(=O)OCC/C=C/CCCCCCCC(=O)NC1=NC(=O)OC(C)(C)C.[2H]C([2H])([2H])N1CC(=O)OCCCCCCCCCCCC(=O)NC1=N.[2H]C([2H])([2H])N1CC(=O)OCCCCCCCCCCCC(=O)NC1=NC(=O)OC(C)(C)C. The van der Waals surface area contributed by atoms with Gasteiger partial charge in [0.05, 0.1) is 19.8 Å². The van der Waals surface area contributed by atoms with Gasteiger partial charge in [0.2, 0.25) is 29.6 Å². The zero-order chi connectivity index (χ0) is 73.1. The predicted octanol–water partition coefficient (Wildman–Crippen LogP) is 12.8. The van der Waals surface area contributed by atoms with Crippen molar-refractivity contribution in [2.24, 2.45) is 9.98 Å². The summed E-state index contributed by atoms with van der Waals surface area (Å²) in [5.41, 5.74) is -1.75. The van der Waals surface area contributed by atoms with Crippen LogP contribution in [0.4, 0.5) is 9.59 Å². The third kappa shape index (κ3) is 53.4. The van der Waals surface area contributed by atoms with Gasteiger partial charge in [-0.05, 0) is 92.9 Å². The standard InChI is InChI=1S/C21H37N3O5.C21H35N3O5.C16H29N3O3.3C2H6/c2*1-21(2,3)29-20(27)23-19-22-17(25)14-12-10-8-6-5-7-9-11-13-15-28-18(26)16-24(19)4;1-19-13-15(21)22-12-10-8-6-4-2-3-5-7-9-11-14(20)18-16(19)17;3*1-2/h5-16H2,1-4H3,(H,22,23,25,27);9,11H,5-8,10,12-16H2,1-4H3,(H,22,23,25,27);2-13H2,1H3,(H2,17,18,20);3*1-2H3/b;11-9+;;;;/i2*4D3;1D3;;;. The average molecular weight is 1230 g/mol. The van der Waals surface area contributed by atoms with Crippen LogP contribution in [0, 0.1) is 5.41 Å². The van der Waals surface area contributed by atoms with E-state index in [0.29, 0.717) is 46.8 Å². The highest BCUT2D eigenvalue weighted by molar-refractivity contribution is 6.02. The molecule has 0 radical (unpaired) electrons. The molecule has 3 aliphatic rings. The molecule has 0 aliphatic carbocycles. The van der Waals surface area contributed by atoms with Crippen LogP contribution in [0.3, 0.4) is 0 Å². The van der Waals surface area contributed by atoms with Crippen LogP contribution in [0.2, 0.25) is 0 Å². The quantitative estimate of drug-likeness (QED) is 0.0996. The number of allylic oxidation sites excluding steroid dienone is 1. The first-order chi connectivity index (χ1) is 44.6. The van der Waals surface area contributed by atoms with Gasteiger partial charge in [-0.25, -0.2) is 9.59 Å². The number of hydrogen-bond donors (Lipinski definition) is 4. The van der Waals surface area contributed by atoms with Gasteiger partial charge in [-0.3, -0.25) is 50.1 Å². The first-order valence-electron chi connectivity index (χ1n) is 36.1. The second kappa shape index (κ2) is 54.3. The number of amides is 5. The summed E-state index contributed by atoms with van der Waals surface area (Å²) in [5, 5.41) is 14.8. The molecule has 22 nitrogen and oxygen atoms in total. The first-order valence-corrected chi connectivity index (χ1v) is 31.6. The zero-order valence-electron chi connectivity index (χ0n) is 63.7. The molecule has 0 unspecified atom stereocenters. The third-order valence-electron chi connectivity index (χ3n) is 11.7. The Balaban J connectivity index is -0.00000129. The summed E-state index contributed by atoms with van der Waals surface area (Å²) in [6, 6.07) is 0. The molecule has 0 bridgehead atoms. The monoisotopic (exact) mass is 1230 g/mol. The van der Waals surface area contributed by atoms with E-state index in [1.54, 1.807) is 41.5 Å². The lowest BCUT2D eigenvalue weighted by Crippen LogP contribution is -2.45. The first kappa shape index (κ1) is 67.4. The summed E-state index contributed by atoms with van der Waals surface area (Å²) in [4.78, 5) is 107. The lowest BCUT2D eigenvalue weighted by Gasteiger charge is -2.22. The van der Waals surface area contributed by atoms with Gasteiger partial charge in [0, 0.05) is 52.5 Å². The molecule has 3 rings (SSSR count). The number of ether oxygens (including phenoxy) is 5. The zero-order valence-corrected chi connectivity index (χ0v) is 54.7. The molecule has 2 fully saturated rings. The summed E-state index contributed by atoms with van der Waals surface area (Å²) in [7, 11) is 0. The number of likely N-dealkylation sites (N-methyl/N-ethyl adjacent to an activating group) is 3. The molecule has 0 aromatic carbocycles. The van der Waals surface area contributed by atoms with Crippen LogP contribution < -0.4 is 16.0 Å². The highest BCUT2D eigenvalue weighted by Gasteiger charge is 2.23. The van der Waals surface area contributed by atoms with E-state index in [2.05, 4.69) is 25.9 Å². The molecule has 3 heterocycles. The van der Waals surface area contributed by atoms with Gasteiger partial charge in [-0.1, -0.05) is 163 Å². The molecule has 3 aliphatic heterocycles. The van der Waals surface area contributed by atoms with Crippen LogP contribution in [-0.2, 0) is 52.5 Å². The van der Waals surface area contributed by atoms with E-state index in [9.17, 15) is 38.4 Å². The maximum Gasteiger partial charge on any atom is 0.437 e. The molecule has 0 saturated carbocycles. The number of carbonyl (C=O) groups is 8. The molecular formula is C64H119N9O13. The molecular weight excluding hydrogens is 1100 g/mol. The molecule has 22 heteroatoms. The summed E-state index contributed by atoms with van der Waals surface area (Å²) >= 11 is 0. The number of hydrogen-bond acceptors (Lipinski definition) is 14. The van der Waals surface area contributed by atoms with Gasteiger partial charge in [-0.15, -0.1) is 9.98 Å². The van der Waals surface area contributed by atoms with Crippen molar-refractivity contribution >= 4 is 65.7 Å². The van der Waals surface area contributed by atoms with Gasteiger partial charge < -0.3 is 38.4 Å². The molecule has 0 atom stereocenters. The van der Waals surface area contributed by atoms with Crippen molar-refractivity contribution in [3.8, 4) is 0 Å². The normalized spacial score (nSPS) is 22.0. The van der Waals surface area contributed by atoms with Gasteiger partial charge in [0.15, 0.2) is 5.96 Å². The van der Waals surface area contributed by atoms with E-state index in [4.69, 9.17) is 41.4 Å². The lowest BCUT2D eigenvalue weighted by molar-refractivity contribution is -0.144. The minimum atomic E-state index is -2.87. The maximum absolute atomic E-state index is 12.4. The largest absolute Gasteiger partial charge is 0.464 e. The topological polar surface area (TPSA) is 277 Å². The fourth-order valence-corrected chi connectivity index (χ4v) is 7.62. The molecule has 2 saturated heterocycles. The van der Waals surface area contributed by atoms with Crippen LogP contribution in [0.15, 0.2) is 22.1 Å². The van der Waals surface area contributed by atoms with E-state index >= 15 is 0 Å².